The maximum absolute atomic E-state index is 14.0. The molecule has 10 nitrogen and oxygen atoms in total. The Balaban J connectivity index is 1.11. The Morgan fingerprint density at radius 1 is 1.09 bits per heavy atom. The van der Waals surface area contributed by atoms with Crippen LogP contribution in [0.2, 0.25) is 0 Å². The largest absolute Gasteiger partial charge is 0.382 e. The SMILES string of the molecule is COCC1(N2CC3(CC3)CNC2=O)Cc2ccc(NC(=O)[C@@H](NC(=O)c3ccnn3C(C)C)C(C3CC3)C3CC3)cc2C1. The van der Waals surface area contributed by atoms with Gasteiger partial charge in [-0.3, -0.25) is 14.3 Å². The normalized spacial score (nSPS) is 24.7. The fraction of sp³-hybridized carbons (Fsp3) is 0.636. The molecule has 1 spiro atoms. The molecule has 10 heteroatoms. The van der Waals surface area contributed by atoms with Gasteiger partial charge in [-0.1, -0.05) is 6.07 Å². The van der Waals surface area contributed by atoms with E-state index in [1.165, 1.54) is 5.56 Å². The van der Waals surface area contributed by atoms with Gasteiger partial charge in [-0.05, 0) is 112 Å². The van der Waals surface area contributed by atoms with Gasteiger partial charge < -0.3 is 25.6 Å². The van der Waals surface area contributed by atoms with E-state index in [2.05, 4.69) is 33.2 Å². The topological polar surface area (TPSA) is 118 Å². The Bertz CT molecular complexity index is 1410. The number of nitrogens with one attached hydrogen (secondary N) is 3. The highest BCUT2D eigenvalue weighted by Crippen LogP contribution is 2.51. The second-order valence-electron chi connectivity index (χ2n) is 14.2. The lowest BCUT2D eigenvalue weighted by atomic mass is 9.88. The number of rotatable bonds is 11. The number of carbonyl (C=O) groups excluding carboxylic acids is 3. The van der Waals surface area contributed by atoms with Crippen molar-refractivity contribution >= 4 is 23.5 Å². The highest BCUT2D eigenvalue weighted by Gasteiger charge is 2.54. The molecule has 0 bridgehead atoms. The van der Waals surface area contributed by atoms with E-state index in [-0.39, 0.29) is 35.2 Å². The lowest BCUT2D eigenvalue weighted by molar-refractivity contribution is -0.119. The van der Waals surface area contributed by atoms with Crippen LogP contribution in [0.15, 0.2) is 30.5 Å². The molecular weight excluding hydrogens is 544 g/mol. The molecule has 4 fully saturated rings. The fourth-order valence-electron chi connectivity index (χ4n) is 7.74. The van der Waals surface area contributed by atoms with Crippen LogP contribution in [0.3, 0.4) is 0 Å². The first-order valence-electron chi connectivity index (χ1n) is 16.0. The third-order valence-corrected chi connectivity index (χ3v) is 10.5. The summed E-state index contributed by atoms with van der Waals surface area (Å²) in [5.74, 6) is 0.650. The van der Waals surface area contributed by atoms with Crippen LogP contribution in [0, 0.1) is 23.2 Å². The number of amides is 4. The lowest BCUT2D eigenvalue weighted by Crippen LogP contribution is -2.64. The zero-order valence-electron chi connectivity index (χ0n) is 25.5. The fourth-order valence-corrected chi connectivity index (χ4v) is 7.74. The van der Waals surface area contributed by atoms with Gasteiger partial charge in [-0.15, -0.1) is 0 Å². The molecule has 0 radical (unpaired) electrons. The third kappa shape index (κ3) is 5.43. The van der Waals surface area contributed by atoms with Gasteiger partial charge in [0.25, 0.3) is 5.91 Å². The van der Waals surface area contributed by atoms with E-state index in [0.717, 1.165) is 69.3 Å². The number of aromatic nitrogens is 2. The lowest BCUT2D eigenvalue weighted by Gasteiger charge is -2.45. The van der Waals surface area contributed by atoms with Crippen LogP contribution in [0.5, 0.6) is 0 Å². The van der Waals surface area contributed by atoms with E-state index in [1.54, 1.807) is 24.1 Å². The summed E-state index contributed by atoms with van der Waals surface area (Å²) >= 11 is 0. The molecule has 1 saturated heterocycles. The van der Waals surface area contributed by atoms with Crippen molar-refractivity contribution in [2.24, 2.45) is 23.2 Å². The first-order chi connectivity index (χ1) is 20.7. The number of hydrogen-bond donors (Lipinski definition) is 3. The Morgan fingerprint density at radius 2 is 1.81 bits per heavy atom. The average molecular weight is 589 g/mol. The van der Waals surface area contributed by atoms with E-state index in [9.17, 15) is 14.4 Å². The van der Waals surface area contributed by atoms with Crippen molar-refractivity contribution in [2.45, 2.75) is 82.8 Å². The van der Waals surface area contributed by atoms with Crippen molar-refractivity contribution in [3.8, 4) is 0 Å². The van der Waals surface area contributed by atoms with Crippen molar-refractivity contribution in [1.82, 2.24) is 25.3 Å². The molecule has 7 rings (SSSR count). The first-order valence-corrected chi connectivity index (χ1v) is 16.0. The molecule has 3 N–H and O–H groups in total. The predicted octanol–water partition coefficient (Wildman–Crippen LogP) is 3.93. The molecular formula is C33H44N6O4. The molecule has 1 aliphatic heterocycles. The second-order valence-corrected chi connectivity index (χ2v) is 14.2. The van der Waals surface area contributed by atoms with Gasteiger partial charge in [-0.25, -0.2) is 4.79 Å². The standard InChI is InChI=1S/C33H44N6O4/c1-20(2)39-26(10-13-35-39)29(40)37-28(27(21-4-5-21)22-6-7-22)30(41)36-25-9-8-23-15-33(19-43-3,16-24(23)14-25)38-18-32(11-12-32)17-34-31(38)42/h8-10,13-14,20-22,27-28H,4-7,11-12,15-19H2,1-3H3,(H,34,42)(H,36,41)(H,37,40)/t28-,33?/m0/s1. The zero-order chi connectivity index (χ0) is 29.9. The molecule has 230 valence electrons. The van der Waals surface area contributed by atoms with Crippen molar-refractivity contribution in [1.29, 1.82) is 0 Å². The molecule has 2 aromatic rings. The van der Waals surface area contributed by atoms with Crippen molar-refractivity contribution in [3.63, 3.8) is 0 Å². The van der Waals surface area contributed by atoms with Gasteiger partial charge in [0.2, 0.25) is 5.91 Å². The van der Waals surface area contributed by atoms with Crippen LogP contribution in [0.4, 0.5) is 10.5 Å². The Morgan fingerprint density at radius 3 is 2.47 bits per heavy atom. The molecule has 5 aliphatic rings. The van der Waals surface area contributed by atoms with Gasteiger partial charge in [-0.2, -0.15) is 5.10 Å². The summed E-state index contributed by atoms with van der Waals surface area (Å²) in [5.41, 5.74) is 3.25. The maximum Gasteiger partial charge on any atom is 0.318 e. The molecule has 4 amide bonds. The molecule has 1 aromatic heterocycles. The summed E-state index contributed by atoms with van der Waals surface area (Å²) in [6.45, 7) is 5.96. The van der Waals surface area contributed by atoms with Crippen molar-refractivity contribution in [3.05, 3.63) is 47.3 Å². The van der Waals surface area contributed by atoms with Crippen molar-refractivity contribution < 1.29 is 19.1 Å². The van der Waals surface area contributed by atoms with Crippen molar-refractivity contribution in [2.75, 3.05) is 32.1 Å². The van der Waals surface area contributed by atoms with Gasteiger partial charge in [0.15, 0.2) is 0 Å². The van der Waals surface area contributed by atoms with E-state index in [4.69, 9.17) is 4.74 Å². The summed E-state index contributed by atoms with van der Waals surface area (Å²) in [6.07, 6.45) is 9.76. The summed E-state index contributed by atoms with van der Waals surface area (Å²) in [5, 5.41) is 13.8. The monoisotopic (exact) mass is 588 g/mol. The van der Waals surface area contributed by atoms with E-state index in [1.807, 2.05) is 24.8 Å². The van der Waals surface area contributed by atoms with Crippen LogP contribution in [0.25, 0.3) is 0 Å². The van der Waals surface area contributed by atoms with Gasteiger partial charge in [0.05, 0.1) is 12.1 Å². The summed E-state index contributed by atoms with van der Waals surface area (Å²) < 4.78 is 7.41. The number of nitrogens with zero attached hydrogens (tertiary/aromatic N) is 3. The van der Waals surface area contributed by atoms with Crippen LogP contribution in [-0.4, -0.2) is 70.9 Å². The van der Waals surface area contributed by atoms with Crippen LogP contribution in [0.1, 0.15) is 80.0 Å². The highest BCUT2D eigenvalue weighted by molar-refractivity contribution is 6.01. The highest BCUT2D eigenvalue weighted by atomic mass is 16.5. The summed E-state index contributed by atoms with van der Waals surface area (Å²) in [6, 6.07) is 7.20. The van der Waals surface area contributed by atoms with E-state index < -0.39 is 11.6 Å². The summed E-state index contributed by atoms with van der Waals surface area (Å²) in [4.78, 5) is 42.6. The average Bonchev–Trinajstić information content (AvgIpc) is 3.93. The second kappa shape index (κ2) is 10.6. The number of anilines is 1. The number of ether oxygens (including phenoxy) is 1. The number of methoxy groups -OCH3 is 1. The smallest absolute Gasteiger partial charge is 0.318 e. The minimum absolute atomic E-state index is 0.0144. The van der Waals surface area contributed by atoms with Gasteiger partial charge in [0, 0.05) is 43.5 Å². The van der Waals surface area contributed by atoms with Gasteiger partial charge >= 0.3 is 6.03 Å². The first kappa shape index (κ1) is 28.4. The molecule has 2 heterocycles. The minimum atomic E-state index is -0.615. The molecule has 1 unspecified atom stereocenters. The predicted molar refractivity (Wildman–Crippen MR) is 162 cm³/mol. The summed E-state index contributed by atoms with van der Waals surface area (Å²) in [7, 11) is 1.70. The Kier molecular flexibility index (Phi) is 7.02. The Hall–Kier alpha value is -3.40. The van der Waals surface area contributed by atoms with Crippen LogP contribution >= 0.6 is 0 Å². The maximum atomic E-state index is 14.0. The number of fused-ring (bicyclic) bond motifs is 1. The van der Waals surface area contributed by atoms with E-state index >= 15 is 0 Å². The zero-order valence-corrected chi connectivity index (χ0v) is 25.5. The van der Waals surface area contributed by atoms with Gasteiger partial charge in [0.1, 0.15) is 11.7 Å². The molecule has 3 saturated carbocycles. The Labute approximate surface area is 253 Å². The van der Waals surface area contributed by atoms with E-state index in [0.29, 0.717) is 30.6 Å². The molecule has 1 aromatic carbocycles. The number of urea groups is 1. The van der Waals surface area contributed by atoms with Crippen LogP contribution < -0.4 is 16.0 Å². The minimum Gasteiger partial charge on any atom is -0.382 e. The number of benzene rings is 1. The number of carbonyl (C=O) groups is 3. The molecule has 2 atom stereocenters. The molecule has 4 aliphatic carbocycles. The quantitative estimate of drug-likeness (QED) is 0.368. The van der Waals surface area contributed by atoms with Crippen LogP contribution in [-0.2, 0) is 22.4 Å². The number of hydrogen-bond acceptors (Lipinski definition) is 5. The molecule has 43 heavy (non-hydrogen) atoms. The third-order valence-electron chi connectivity index (χ3n) is 10.5.